The molecule has 4 rings (SSSR count). The molecule has 1 aliphatic rings. The van der Waals surface area contributed by atoms with Crippen molar-refractivity contribution in [2.24, 2.45) is 5.92 Å². The van der Waals surface area contributed by atoms with Gasteiger partial charge in [0.05, 0.1) is 9.77 Å². The summed E-state index contributed by atoms with van der Waals surface area (Å²) in [4.78, 5) is 18.6. The summed E-state index contributed by atoms with van der Waals surface area (Å²) in [6.07, 6.45) is 1.62. The number of thiophene rings is 1. The predicted molar refractivity (Wildman–Crippen MR) is 126 cm³/mol. The molecule has 0 radical (unpaired) electrons. The quantitative estimate of drug-likeness (QED) is 0.544. The number of piperidine rings is 1. The van der Waals surface area contributed by atoms with Crippen molar-refractivity contribution in [3.8, 4) is 10.7 Å². The van der Waals surface area contributed by atoms with Gasteiger partial charge < -0.3 is 9.84 Å². The maximum absolute atomic E-state index is 13.3. The molecule has 2 aromatic heterocycles. The van der Waals surface area contributed by atoms with Crippen molar-refractivity contribution >= 4 is 27.3 Å². The number of nitrogens with one attached hydrogen (secondary N) is 1. The molecule has 0 spiro atoms. The van der Waals surface area contributed by atoms with Gasteiger partial charge in [-0.3, -0.25) is 4.79 Å². The fourth-order valence-corrected chi connectivity index (χ4v) is 6.92. The van der Waals surface area contributed by atoms with Crippen LogP contribution in [0.2, 0.25) is 0 Å². The summed E-state index contributed by atoms with van der Waals surface area (Å²) in [7, 11) is -3.66. The second-order valence-corrected chi connectivity index (χ2v) is 11.4. The zero-order valence-electron chi connectivity index (χ0n) is 19.0. The summed E-state index contributed by atoms with van der Waals surface area (Å²) >= 11 is 1.34. The second kappa shape index (κ2) is 9.74. The number of aromatic nitrogens is 2. The molecule has 0 aliphatic carbocycles. The van der Waals surface area contributed by atoms with Crippen LogP contribution in [-0.2, 0) is 27.8 Å². The highest BCUT2D eigenvalue weighted by Gasteiger charge is 2.34. The molecule has 3 heterocycles. The van der Waals surface area contributed by atoms with E-state index in [9.17, 15) is 13.2 Å². The fourth-order valence-electron chi connectivity index (χ4n) is 3.96. The Kier molecular flexibility index (Phi) is 6.96. The van der Waals surface area contributed by atoms with Crippen LogP contribution in [0.5, 0.6) is 0 Å². The molecule has 1 aromatic carbocycles. The molecule has 1 fully saturated rings. The third kappa shape index (κ3) is 5.02. The van der Waals surface area contributed by atoms with E-state index in [0.717, 1.165) is 11.1 Å². The molecule has 3 aromatic rings. The smallest absolute Gasteiger partial charge is 0.244 e. The molecule has 0 atom stereocenters. The highest BCUT2D eigenvalue weighted by molar-refractivity contribution is 7.89. The van der Waals surface area contributed by atoms with Gasteiger partial charge in [0.15, 0.2) is 0 Å². The Labute approximate surface area is 198 Å². The van der Waals surface area contributed by atoms with Gasteiger partial charge in [-0.2, -0.15) is 9.29 Å². The molecule has 1 aliphatic heterocycles. The molecular formula is C23H28N4O4S2. The van der Waals surface area contributed by atoms with E-state index in [1.807, 2.05) is 38.1 Å². The van der Waals surface area contributed by atoms with Crippen molar-refractivity contribution < 1.29 is 17.7 Å². The van der Waals surface area contributed by atoms with E-state index in [1.54, 1.807) is 13.0 Å². The molecule has 1 N–H and O–H groups in total. The molecule has 33 heavy (non-hydrogen) atoms. The Balaban J connectivity index is 1.39. The standard InChI is InChI=1S/C23H28N4O4S2/c1-4-21-25-22(26-31-21)19-13-20(16(3)32-19)33(29,30)27-11-9-17(10-12-27)23(28)24-14-18-8-6-5-7-15(18)2/h5-8,13,17H,4,9-12,14H2,1-3H3,(H,24,28). The van der Waals surface area contributed by atoms with Crippen LogP contribution >= 0.6 is 11.3 Å². The number of nitrogens with zero attached hydrogens (tertiary/aromatic N) is 3. The van der Waals surface area contributed by atoms with Gasteiger partial charge in [0.2, 0.25) is 27.6 Å². The lowest BCUT2D eigenvalue weighted by Gasteiger charge is -2.30. The van der Waals surface area contributed by atoms with E-state index in [2.05, 4.69) is 15.5 Å². The first-order valence-electron chi connectivity index (χ1n) is 11.1. The third-order valence-corrected chi connectivity index (χ3v) is 9.22. The summed E-state index contributed by atoms with van der Waals surface area (Å²) in [6, 6.07) is 9.57. The van der Waals surface area contributed by atoms with Crippen LogP contribution in [0.4, 0.5) is 0 Å². The minimum Gasteiger partial charge on any atom is -0.352 e. The Morgan fingerprint density at radius 3 is 2.64 bits per heavy atom. The molecular weight excluding hydrogens is 460 g/mol. The first kappa shape index (κ1) is 23.6. The molecule has 0 bridgehead atoms. The Hall–Kier alpha value is -2.56. The van der Waals surface area contributed by atoms with Crippen LogP contribution < -0.4 is 5.32 Å². The van der Waals surface area contributed by atoms with Crippen LogP contribution in [0.1, 0.15) is 41.7 Å². The highest BCUT2D eigenvalue weighted by atomic mass is 32.2. The fraction of sp³-hybridized carbons (Fsp3) is 0.435. The monoisotopic (exact) mass is 488 g/mol. The summed E-state index contributed by atoms with van der Waals surface area (Å²) in [5.41, 5.74) is 2.22. The topological polar surface area (TPSA) is 105 Å². The number of carbonyl (C=O) groups is 1. The van der Waals surface area contributed by atoms with Gasteiger partial charge in [-0.1, -0.05) is 36.3 Å². The number of sulfonamides is 1. The van der Waals surface area contributed by atoms with E-state index in [4.69, 9.17) is 4.52 Å². The number of aryl methyl sites for hydroxylation is 3. The zero-order chi connectivity index (χ0) is 23.6. The zero-order valence-corrected chi connectivity index (χ0v) is 20.6. The van der Waals surface area contributed by atoms with Gasteiger partial charge in [-0.15, -0.1) is 11.3 Å². The lowest BCUT2D eigenvalue weighted by molar-refractivity contribution is -0.126. The lowest BCUT2D eigenvalue weighted by atomic mass is 9.97. The van der Waals surface area contributed by atoms with Crippen molar-refractivity contribution in [2.75, 3.05) is 13.1 Å². The number of carbonyl (C=O) groups excluding carboxylic acids is 1. The van der Waals surface area contributed by atoms with E-state index in [1.165, 1.54) is 15.6 Å². The Morgan fingerprint density at radius 1 is 1.24 bits per heavy atom. The first-order chi connectivity index (χ1) is 15.8. The average Bonchev–Trinajstić information content (AvgIpc) is 3.45. The van der Waals surface area contributed by atoms with Gasteiger partial charge in [-0.25, -0.2) is 8.42 Å². The number of benzene rings is 1. The Morgan fingerprint density at radius 2 is 1.97 bits per heavy atom. The molecule has 176 valence electrons. The van der Waals surface area contributed by atoms with Crippen LogP contribution in [0.3, 0.4) is 0 Å². The SMILES string of the molecule is CCc1nc(-c2cc(S(=O)(=O)N3CCC(C(=O)NCc4ccccc4C)CC3)c(C)s2)no1. The van der Waals surface area contributed by atoms with Gasteiger partial charge in [0.1, 0.15) is 0 Å². The molecule has 0 unspecified atom stereocenters. The van der Waals surface area contributed by atoms with E-state index in [-0.39, 0.29) is 16.7 Å². The van der Waals surface area contributed by atoms with Crippen molar-refractivity contribution in [2.45, 2.75) is 51.5 Å². The third-order valence-electron chi connectivity index (χ3n) is 6.02. The lowest BCUT2D eigenvalue weighted by Crippen LogP contribution is -2.42. The van der Waals surface area contributed by atoms with Gasteiger partial charge in [0, 0.05) is 36.9 Å². The van der Waals surface area contributed by atoms with Crippen LogP contribution in [0, 0.1) is 19.8 Å². The molecule has 1 saturated heterocycles. The summed E-state index contributed by atoms with van der Waals surface area (Å²) in [6.45, 7) is 6.84. The molecule has 10 heteroatoms. The summed E-state index contributed by atoms with van der Waals surface area (Å²) in [5, 5.41) is 6.96. The minimum atomic E-state index is -3.66. The number of rotatable bonds is 7. The van der Waals surface area contributed by atoms with Crippen molar-refractivity contribution in [1.29, 1.82) is 0 Å². The Bertz CT molecular complexity index is 1240. The van der Waals surface area contributed by atoms with Crippen molar-refractivity contribution in [3.63, 3.8) is 0 Å². The maximum atomic E-state index is 13.3. The predicted octanol–water partition coefficient (Wildman–Crippen LogP) is 3.69. The van der Waals surface area contributed by atoms with Crippen LogP contribution in [0.25, 0.3) is 10.7 Å². The van der Waals surface area contributed by atoms with Gasteiger partial charge in [0.25, 0.3) is 0 Å². The van der Waals surface area contributed by atoms with Crippen molar-refractivity contribution in [1.82, 2.24) is 19.8 Å². The van der Waals surface area contributed by atoms with Gasteiger partial charge >= 0.3 is 0 Å². The maximum Gasteiger partial charge on any atom is 0.244 e. The molecule has 8 nitrogen and oxygen atoms in total. The van der Waals surface area contributed by atoms with E-state index >= 15 is 0 Å². The number of hydrogen-bond acceptors (Lipinski definition) is 7. The van der Waals surface area contributed by atoms with E-state index < -0.39 is 10.0 Å². The minimum absolute atomic E-state index is 0.0202. The molecule has 1 amide bonds. The average molecular weight is 489 g/mol. The van der Waals surface area contributed by atoms with Crippen molar-refractivity contribution in [3.05, 3.63) is 52.2 Å². The first-order valence-corrected chi connectivity index (χ1v) is 13.3. The van der Waals surface area contributed by atoms with E-state index in [0.29, 0.717) is 60.4 Å². The van der Waals surface area contributed by atoms with Crippen LogP contribution in [-0.4, -0.2) is 41.9 Å². The normalized spacial score (nSPS) is 15.6. The number of hydrogen-bond donors (Lipinski definition) is 1. The number of amides is 1. The summed E-state index contributed by atoms with van der Waals surface area (Å²) in [5.74, 6) is 0.716. The highest BCUT2D eigenvalue weighted by Crippen LogP contribution is 2.35. The largest absolute Gasteiger partial charge is 0.352 e. The molecule has 0 saturated carbocycles. The van der Waals surface area contributed by atoms with Gasteiger partial charge in [-0.05, 0) is 43.9 Å². The second-order valence-electron chi connectivity index (χ2n) is 8.22. The summed E-state index contributed by atoms with van der Waals surface area (Å²) < 4.78 is 33.2. The van der Waals surface area contributed by atoms with Crippen LogP contribution in [0.15, 0.2) is 39.8 Å².